The number of halogens is 4. The zero-order valence-electron chi connectivity index (χ0n) is 10.3. The van der Waals surface area contributed by atoms with Crippen LogP contribution in [-0.4, -0.2) is 11.0 Å². The van der Waals surface area contributed by atoms with E-state index in [0.29, 0.717) is 21.4 Å². The molecule has 0 atom stereocenters. The second kappa shape index (κ2) is 7.04. The summed E-state index contributed by atoms with van der Waals surface area (Å²) < 4.78 is 0. The molecule has 1 heterocycles. The van der Waals surface area contributed by atoms with Crippen molar-refractivity contribution in [1.82, 2.24) is 10.4 Å². The normalized spacial score (nSPS) is 10.1. The van der Waals surface area contributed by atoms with E-state index in [1.807, 2.05) is 0 Å². The molecule has 0 unspecified atom stereocenters. The van der Waals surface area contributed by atoms with Gasteiger partial charge in [-0.15, -0.1) is 0 Å². The summed E-state index contributed by atoms with van der Waals surface area (Å²) in [5, 5.41) is 3.77. The Balaban J connectivity index is 1.95. The topological polar surface area (TPSA) is 66.1 Å². The minimum absolute atomic E-state index is 0.174. The second-order valence-electron chi connectivity index (χ2n) is 3.86. The van der Waals surface area contributed by atoms with Gasteiger partial charge in [0.15, 0.2) is 0 Å². The number of nitrogens with zero attached hydrogens (tertiary/aromatic N) is 1. The van der Waals surface area contributed by atoms with Gasteiger partial charge in [-0.05, 0) is 30.3 Å². The largest absolute Gasteiger partial charge is 0.337 e. The van der Waals surface area contributed by atoms with Crippen molar-refractivity contribution in [2.24, 2.45) is 0 Å². The van der Waals surface area contributed by atoms with Crippen LogP contribution in [0, 0.1) is 0 Å². The molecule has 5 nitrogen and oxygen atoms in total. The first kappa shape index (κ1) is 16.0. The number of carbonyl (C=O) groups is 1. The maximum Gasteiger partial charge on any atom is 0.337 e. The van der Waals surface area contributed by atoms with Gasteiger partial charge in [-0.3, -0.25) is 10.9 Å². The van der Waals surface area contributed by atoms with Crippen LogP contribution in [0.2, 0.25) is 20.4 Å². The number of carbonyl (C=O) groups excluding carboxylic acids is 1. The van der Waals surface area contributed by atoms with Gasteiger partial charge < -0.3 is 5.32 Å². The van der Waals surface area contributed by atoms with Crippen molar-refractivity contribution in [3.05, 3.63) is 50.7 Å². The maximum absolute atomic E-state index is 11.7. The van der Waals surface area contributed by atoms with Gasteiger partial charge in [0.25, 0.3) is 0 Å². The third-order valence-corrected chi connectivity index (χ3v) is 3.03. The molecule has 0 aliphatic rings. The lowest BCUT2D eigenvalue weighted by Crippen LogP contribution is -2.33. The molecule has 0 fully saturated rings. The van der Waals surface area contributed by atoms with Crippen LogP contribution < -0.4 is 16.2 Å². The van der Waals surface area contributed by atoms with Crippen molar-refractivity contribution >= 4 is 63.8 Å². The average Bonchev–Trinajstić information content (AvgIpc) is 2.34. The van der Waals surface area contributed by atoms with Crippen LogP contribution in [0.1, 0.15) is 0 Å². The zero-order chi connectivity index (χ0) is 15.4. The molecule has 9 heteroatoms. The van der Waals surface area contributed by atoms with Crippen molar-refractivity contribution in [2.75, 3.05) is 10.7 Å². The van der Waals surface area contributed by atoms with E-state index in [1.54, 1.807) is 18.2 Å². The Bertz CT molecular complexity index is 640. The quantitative estimate of drug-likeness (QED) is 0.538. The van der Waals surface area contributed by atoms with Crippen LogP contribution in [0.4, 0.5) is 16.2 Å². The van der Waals surface area contributed by atoms with Crippen LogP contribution >= 0.6 is 46.4 Å². The summed E-state index contributed by atoms with van der Waals surface area (Å²) in [5.41, 5.74) is 6.02. The standard InChI is InChI=1S/C12H8Cl4N4O/c13-6-1-7(14)3-9(2-6)19-20-12(21)17-8-4-10(15)18-11(16)5-8/h1-5,19H,(H2,17,18,20,21). The molecule has 0 spiro atoms. The number of amides is 2. The van der Waals surface area contributed by atoms with Gasteiger partial charge in [0.05, 0.1) is 5.69 Å². The predicted molar refractivity (Wildman–Crippen MR) is 86.5 cm³/mol. The van der Waals surface area contributed by atoms with E-state index in [-0.39, 0.29) is 10.3 Å². The zero-order valence-corrected chi connectivity index (χ0v) is 13.3. The number of aromatic nitrogens is 1. The summed E-state index contributed by atoms with van der Waals surface area (Å²) in [6, 6.07) is 7.19. The van der Waals surface area contributed by atoms with E-state index < -0.39 is 6.03 Å². The van der Waals surface area contributed by atoms with Crippen LogP contribution in [0.3, 0.4) is 0 Å². The lowest BCUT2D eigenvalue weighted by atomic mass is 10.3. The SMILES string of the molecule is O=C(NNc1cc(Cl)cc(Cl)c1)Nc1cc(Cl)nc(Cl)c1. The Labute approximate surface area is 140 Å². The van der Waals surface area contributed by atoms with Crippen molar-refractivity contribution < 1.29 is 4.79 Å². The van der Waals surface area contributed by atoms with Crippen molar-refractivity contribution in [3.63, 3.8) is 0 Å². The lowest BCUT2D eigenvalue weighted by Gasteiger charge is -2.11. The minimum Gasteiger partial charge on any atom is -0.306 e. The molecule has 0 aliphatic heterocycles. The number of benzene rings is 1. The number of pyridine rings is 1. The van der Waals surface area contributed by atoms with Crippen molar-refractivity contribution in [2.45, 2.75) is 0 Å². The Kier molecular flexibility index (Phi) is 5.36. The first-order chi connectivity index (χ1) is 9.92. The van der Waals surface area contributed by atoms with Crippen molar-refractivity contribution in [3.8, 4) is 0 Å². The molecule has 2 aromatic rings. The third-order valence-electron chi connectivity index (χ3n) is 2.20. The van der Waals surface area contributed by atoms with Crippen molar-refractivity contribution in [1.29, 1.82) is 0 Å². The Morgan fingerprint density at radius 3 is 2.00 bits per heavy atom. The molecule has 0 saturated carbocycles. The first-order valence-corrected chi connectivity index (χ1v) is 7.06. The molecule has 0 saturated heterocycles. The maximum atomic E-state index is 11.7. The predicted octanol–water partition coefficient (Wildman–Crippen LogP) is 4.84. The number of hydrogen-bond donors (Lipinski definition) is 3. The van der Waals surface area contributed by atoms with Crippen LogP contribution in [0.25, 0.3) is 0 Å². The molecule has 1 aromatic carbocycles. The van der Waals surface area contributed by atoms with Gasteiger partial charge in [-0.1, -0.05) is 46.4 Å². The van der Waals surface area contributed by atoms with Crippen LogP contribution in [0.15, 0.2) is 30.3 Å². The molecule has 3 N–H and O–H groups in total. The Hall–Kier alpha value is -1.40. The summed E-state index contributed by atoms with van der Waals surface area (Å²) in [6.07, 6.45) is 0. The highest BCUT2D eigenvalue weighted by Crippen LogP contribution is 2.22. The molecule has 0 bridgehead atoms. The number of rotatable bonds is 3. The fourth-order valence-electron chi connectivity index (χ4n) is 1.45. The highest BCUT2D eigenvalue weighted by atomic mass is 35.5. The van der Waals surface area contributed by atoms with Gasteiger partial charge in [0.2, 0.25) is 0 Å². The average molecular weight is 366 g/mol. The van der Waals surface area contributed by atoms with Gasteiger partial charge in [-0.2, -0.15) is 0 Å². The number of anilines is 2. The summed E-state index contributed by atoms with van der Waals surface area (Å²) in [7, 11) is 0. The van der Waals surface area contributed by atoms with Gasteiger partial charge in [-0.25, -0.2) is 9.78 Å². The lowest BCUT2D eigenvalue weighted by molar-refractivity contribution is 0.254. The molecule has 2 amide bonds. The van der Waals surface area contributed by atoms with Crippen LogP contribution in [-0.2, 0) is 0 Å². The summed E-state index contributed by atoms with van der Waals surface area (Å²) in [5.74, 6) is 0. The van der Waals surface area contributed by atoms with E-state index in [4.69, 9.17) is 46.4 Å². The molecule has 110 valence electrons. The molecular formula is C12H8Cl4N4O. The molecule has 1 aromatic heterocycles. The third kappa shape index (κ3) is 5.13. The van der Waals surface area contributed by atoms with Gasteiger partial charge in [0, 0.05) is 15.7 Å². The number of nitrogens with one attached hydrogen (secondary N) is 3. The monoisotopic (exact) mass is 364 g/mol. The fraction of sp³-hybridized carbons (Fsp3) is 0. The van der Waals surface area contributed by atoms with E-state index in [0.717, 1.165) is 0 Å². The highest BCUT2D eigenvalue weighted by Gasteiger charge is 2.05. The molecule has 21 heavy (non-hydrogen) atoms. The molecule has 0 aliphatic carbocycles. The fourth-order valence-corrected chi connectivity index (χ4v) is 2.44. The van der Waals surface area contributed by atoms with Crippen LogP contribution in [0.5, 0.6) is 0 Å². The van der Waals surface area contributed by atoms with E-state index in [1.165, 1.54) is 12.1 Å². The summed E-state index contributed by atoms with van der Waals surface area (Å²) in [4.78, 5) is 15.5. The Morgan fingerprint density at radius 2 is 1.43 bits per heavy atom. The van der Waals surface area contributed by atoms with E-state index in [2.05, 4.69) is 21.2 Å². The Morgan fingerprint density at radius 1 is 0.857 bits per heavy atom. The second-order valence-corrected chi connectivity index (χ2v) is 5.51. The van der Waals surface area contributed by atoms with Gasteiger partial charge in [0.1, 0.15) is 10.3 Å². The number of hydrogen-bond acceptors (Lipinski definition) is 3. The molecule has 0 radical (unpaired) electrons. The van der Waals surface area contributed by atoms with E-state index in [9.17, 15) is 4.79 Å². The van der Waals surface area contributed by atoms with Gasteiger partial charge >= 0.3 is 6.03 Å². The number of hydrazine groups is 1. The summed E-state index contributed by atoms with van der Waals surface area (Å²) >= 11 is 23.1. The molecular weight excluding hydrogens is 358 g/mol. The van der Waals surface area contributed by atoms with E-state index >= 15 is 0 Å². The highest BCUT2D eigenvalue weighted by molar-refractivity contribution is 6.35. The smallest absolute Gasteiger partial charge is 0.306 e. The minimum atomic E-state index is -0.524. The summed E-state index contributed by atoms with van der Waals surface area (Å²) in [6.45, 7) is 0. The molecule has 2 rings (SSSR count). The first-order valence-electron chi connectivity index (χ1n) is 5.54. The number of urea groups is 1.